The lowest BCUT2D eigenvalue weighted by Gasteiger charge is -2.23. The summed E-state index contributed by atoms with van der Waals surface area (Å²) in [5.74, 6) is 0. The molecule has 19 heavy (non-hydrogen) atoms. The molecular weight excluding hydrogens is 234 g/mol. The van der Waals surface area contributed by atoms with Gasteiger partial charge in [0, 0.05) is 0 Å². The zero-order valence-electron chi connectivity index (χ0n) is 12.3. The predicted octanol–water partition coefficient (Wildman–Crippen LogP) is 3.99. The third kappa shape index (κ3) is 4.32. The minimum absolute atomic E-state index is 0.335. The molecule has 0 aromatic heterocycles. The Morgan fingerprint density at radius 1 is 1.26 bits per heavy atom. The number of hydrogen-bond donors (Lipinski definition) is 1. The van der Waals surface area contributed by atoms with Crippen molar-refractivity contribution in [1.29, 1.82) is 0 Å². The van der Waals surface area contributed by atoms with E-state index in [0.29, 0.717) is 12.1 Å². The van der Waals surface area contributed by atoms with Crippen molar-refractivity contribution in [2.24, 2.45) is 0 Å². The summed E-state index contributed by atoms with van der Waals surface area (Å²) in [5.41, 5.74) is 2.74. The lowest BCUT2D eigenvalue weighted by molar-refractivity contribution is 0.0425. The zero-order valence-corrected chi connectivity index (χ0v) is 12.3. The topological polar surface area (TPSA) is 21.3 Å². The van der Waals surface area contributed by atoms with Crippen LogP contribution in [0.5, 0.6) is 0 Å². The molecule has 0 saturated heterocycles. The van der Waals surface area contributed by atoms with Crippen molar-refractivity contribution in [3.05, 3.63) is 35.4 Å². The van der Waals surface area contributed by atoms with Gasteiger partial charge in [-0.05, 0) is 43.9 Å². The van der Waals surface area contributed by atoms with Crippen LogP contribution in [0.1, 0.15) is 56.2 Å². The zero-order chi connectivity index (χ0) is 13.5. The second-order valence-corrected chi connectivity index (χ2v) is 5.60. The van der Waals surface area contributed by atoms with E-state index in [2.05, 4.69) is 43.4 Å². The van der Waals surface area contributed by atoms with E-state index in [4.69, 9.17) is 4.74 Å². The Hall–Kier alpha value is -0.860. The van der Waals surface area contributed by atoms with E-state index in [1.54, 1.807) is 0 Å². The van der Waals surface area contributed by atoms with Gasteiger partial charge in [0.15, 0.2) is 0 Å². The third-order valence-corrected chi connectivity index (χ3v) is 4.01. The standard InChI is InChI=1S/C17H27NO/c1-3-12-18-17(13-19-15-9-5-6-10-15)16-11-7-4-8-14(16)2/h4,7-8,11,15,17-18H,3,5-6,9-10,12-13H2,1-2H3. The summed E-state index contributed by atoms with van der Waals surface area (Å²) >= 11 is 0. The van der Waals surface area contributed by atoms with Crippen molar-refractivity contribution >= 4 is 0 Å². The smallest absolute Gasteiger partial charge is 0.0665 e. The van der Waals surface area contributed by atoms with Crippen LogP contribution < -0.4 is 5.32 Å². The Balaban J connectivity index is 1.96. The first-order valence-electron chi connectivity index (χ1n) is 7.71. The van der Waals surface area contributed by atoms with Gasteiger partial charge >= 0.3 is 0 Å². The third-order valence-electron chi connectivity index (χ3n) is 4.01. The summed E-state index contributed by atoms with van der Waals surface area (Å²) in [6, 6.07) is 8.97. The highest BCUT2D eigenvalue weighted by Crippen LogP contribution is 2.24. The molecule has 2 rings (SSSR count). The van der Waals surface area contributed by atoms with Crippen molar-refractivity contribution in [3.8, 4) is 0 Å². The molecule has 0 spiro atoms. The van der Waals surface area contributed by atoms with Crippen LogP contribution in [0.25, 0.3) is 0 Å². The maximum absolute atomic E-state index is 6.11. The van der Waals surface area contributed by atoms with Crippen LogP contribution in [0.2, 0.25) is 0 Å². The highest BCUT2D eigenvalue weighted by Gasteiger charge is 2.19. The minimum atomic E-state index is 0.335. The Morgan fingerprint density at radius 2 is 2.00 bits per heavy atom. The van der Waals surface area contributed by atoms with Crippen LogP contribution in [0, 0.1) is 6.92 Å². The number of hydrogen-bond acceptors (Lipinski definition) is 2. The molecule has 1 aliphatic rings. The molecule has 1 aliphatic carbocycles. The molecule has 0 aliphatic heterocycles. The average molecular weight is 261 g/mol. The first kappa shape index (κ1) is 14.5. The van der Waals surface area contributed by atoms with E-state index in [1.165, 1.54) is 36.8 Å². The summed E-state index contributed by atoms with van der Waals surface area (Å²) in [4.78, 5) is 0. The van der Waals surface area contributed by atoms with Crippen molar-refractivity contribution < 1.29 is 4.74 Å². The largest absolute Gasteiger partial charge is 0.376 e. The summed E-state index contributed by atoms with van der Waals surface area (Å²) in [6.45, 7) is 6.24. The number of ether oxygens (including phenoxy) is 1. The Labute approximate surface area is 117 Å². The fourth-order valence-corrected chi connectivity index (χ4v) is 2.84. The van der Waals surface area contributed by atoms with Gasteiger partial charge in [0.05, 0.1) is 18.8 Å². The molecule has 1 unspecified atom stereocenters. The van der Waals surface area contributed by atoms with Crippen LogP contribution in [0.15, 0.2) is 24.3 Å². The molecule has 1 saturated carbocycles. The van der Waals surface area contributed by atoms with Gasteiger partial charge in [-0.15, -0.1) is 0 Å². The molecule has 1 aromatic rings. The van der Waals surface area contributed by atoms with Crippen LogP contribution in [0.4, 0.5) is 0 Å². The minimum Gasteiger partial charge on any atom is -0.376 e. The molecule has 0 radical (unpaired) electrons. The number of benzene rings is 1. The molecule has 1 atom stereocenters. The molecule has 106 valence electrons. The summed E-state index contributed by atoms with van der Waals surface area (Å²) in [6.07, 6.45) is 6.81. The molecule has 0 amide bonds. The maximum atomic E-state index is 6.11. The van der Waals surface area contributed by atoms with Crippen molar-refractivity contribution in [3.63, 3.8) is 0 Å². The fraction of sp³-hybridized carbons (Fsp3) is 0.647. The summed E-state index contributed by atoms with van der Waals surface area (Å²) in [7, 11) is 0. The van der Waals surface area contributed by atoms with Gasteiger partial charge in [-0.25, -0.2) is 0 Å². The highest BCUT2D eigenvalue weighted by atomic mass is 16.5. The lowest BCUT2D eigenvalue weighted by Crippen LogP contribution is -2.28. The molecule has 2 heteroatoms. The second kappa shape index (κ2) is 7.66. The van der Waals surface area contributed by atoms with Gasteiger partial charge in [0.25, 0.3) is 0 Å². The van der Waals surface area contributed by atoms with Crippen LogP contribution in [0.3, 0.4) is 0 Å². The molecule has 0 heterocycles. The van der Waals surface area contributed by atoms with Crippen LogP contribution >= 0.6 is 0 Å². The molecule has 1 aromatic carbocycles. The molecule has 1 fully saturated rings. The van der Waals surface area contributed by atoms with Crippen molar-refractivity contribution in [1.82, 2.24) is 5.32 Å². The molecule has 1 N–H and O–H groups in total. The Morgan fingerprint density at radius 3 is 2.68 bits per heavy atom. The fourth-order valence-electron chi connectivity index (χ4n) is 2.84. The van der Waals surface area contributed by atoms with E-state index in [-0.39, 0.29) is 0 Å². The number of rotatable bonds is 7. The van der Waals surface area contributed by atoms with Gasteiger partial charge in [-0.2, -0.15) is 0 Å². The first-order chi connectivity index (χ1) is 9.31. The number of aryl methyl sites for hydroxylation is 1. The first-order valence-corrected chi connectivity index (χ1v) is 7.71. The van der Waals surface area contributed by atoms with Gasteiger partial charge < -0.3 is 10.1 Å². The number of nitrogens with one attached hydrogen (secondary N) is 1. The van der Waals surface area contributed by atoms with Crippen molar-refractivity contribution in [2.45, 2.75) is 58.1 Å². The van der Waals surface area contributed by atoms with E-state index in [0.717, 1.165) is 19.6 Å². The molecule has 0 bridgehead atoms. The Kier molecular flexibility index (Phi) is 5.87. The average Bonchev–Trinajstić information content (AvgIpc) is 2.93. The second-order valence-electron chi connectivity index (χ2n) is 5.60. The van der Waals surface area contributed by atoms with Crippen LogP contribution in [-0.2, 0) is 4.74 Å². The highest BCUT2D eigenvalue weighted by molar-refractivity contribution is 5.28. The molecule has 2 nitrogen and oxygen atoms in total. The SMILES string of the molecule is CCCNC(COC1CCCC1)c1ccccc1C. The normalized spacial score (nSPS) is 17.8. The molecular formula is C17H27NO. The van der Waals surface area contributed by atoms with E-state index >= 15 is 0 Å². The quantitative estimate of drug-likeness (QED) is 0.801. The van der Waals surface area contributed by atoms with Crippen molar-refractivity contribution in [2.75, 3.05) is 13.2 Å². The Bertz CT molecular complexity index is 371. The van der Waals surface area contributed by atoms with E-state index < -0.39 is 0 Å². The summed E-state index contributed by atoms with van der Waals surface area (Å²) in [5, 5.41) is 3.63. The predicted molar refractivity (Wildman–Crippen MR) is 80.4 cm³/mol. The van der Waals surface area contributed by atoms with Crippen LogP contribution in [-0.4, -0.2) is 19.3 Å². The van der Waals surface area contributed by atoms with E-state index in [9.17, 15) is 0 Å². The monoisotopic (exact) mass is 261 g/mol. The maximum Gasteiger partial charge on any atom is 0.0665 e. The van der Waals surface area contributed by atoms with Gasteiger partial charge in [0.2, 0.25) is 0 Å². The van der Waals surface area contributed by atoms with E-state index in [1.807, 2.05) is 0 Å². The van der Waals surface area contributed by atoms with Gasteiger partial charge in [-0.3, -0.25) is 0 Å². The lowest BCUT2D eigenvalue weighted by atomic mass is 10.0. The van der Waals surface area contributed by atoms with Gasteiger partial charge in [0.1, 0.15) is 0 Å². The summed E-state index contributed by atoms with van der Waals surface area (Å²) < 4.78 is 6.11. The van der Waals surface area contributed by atoms with Gasteiger partial charge in [-0.1, -0.05) is 44.0 Å².